The smallest absolute Gasteiger partial charge is 0.311 e. The van der Waals surface area contributed by atoms with Crippen LogP contribution in [-0.4, -0.2) is 41.4 Å². The van der Waals surface area contributed by atoms with E-state index in [9.17, 15) is 4.79 Å². The van der Waals surface area contributed by atoms with Crippen molar-refractivity contribution in [3.05, 3.63) is 91.0 Å². The van der Waals surface area contributed by atoms with Crippen molar-refractivity contribution < 1.29 is 18.4 Å². The number of carbonyl (C=O) groups excluding carboxylic acids is 1. The summed E-state index contributed by atoms with van der Waals surface area (Å²) in [6.07, 6.45) is 0.215. The standard InChI is InChI=1S/C33H44O4Si2/c1-25-30(36-32(34)26(2)31(25)37-38(6,7)33(3,4)5)23-24-35-39(27-17-11-8-12-18-27,28-19-13-9-14-20-28)29-21-15-10-16-22-29/h8-22,25-26,30-31H,23-24H2,1-7H3/t25-,26+,30+,31-/m1/s1. The average molecular weight is 561 g/mol. The van der Waals surface area contributed by atoms with E-state index in [1.165, 1.54) is 15.6 Å². The monoisotopic (exact) mass is 560 g/mol. The number of esters is 1. The summed E-state index contributed by atoms with van der Waals surface area (Å²) >= 11 is 0. The first-order valence-electron chi connectivity index (χ1n) is 14.2. The second-order valence-electron chi connectivity index (χ2n) is 12.4. The summed E-state index contributed by atoms with van der Waals surface area (Å²) in [5, 5.41) is 3.66. The lowest BCUT2D eigenvalue weighted by molar-refractivity contribution is -0.176. The van der Waals surface area contributed by atoms with Gasteiger partial charge in [-0.1, -0.05) is 119 Å². The van der Waals surface area contributed by atoms with Gasteiger partial charge in [0.1, 0.15) is 6.10 Å². The molecule has 4 atom stereocenters. The lowest BCUT2D eigenvalue weighted by Crippen LogP contribution is -2.69. The van der Waals surface area contributed by atoms with Gasteiger partial charge in [-0.2, -0.15) is 0 Å². The molecular weight excluding hydrogens is 517 g/mol. The molecule has 1 heterocycles. The molecule has 1 saturated heterocycles. The molecule has 3 aromatic carbocycles. The van der Waals surface area contributed by atoms with E-state index < -0.39 is 16.6 Å². The zero-order chi connectivity index (χ0) is 28.3. The maximum atomic E-state index is 13.0. The second kappa shape index (κ2) is 11.9. The SMILES string of the molecule is C[C@H]1[C@@H](O[Si](C)(C)C(C)(C)C)[C@H](C)C(=O)O[C@H]1CCO[Si](c1ccccc1)(c1ccccc1)c1ccccc1. The number of hydrogen-bond acceptors (Lipinski definition) is 4. The normalized spacial score (nSPS) is 22.4. The molecule has 6 heteroatoms. The van der Waals surface area contributed by atoms with Crippen LogP contribution in [0.25, 0.3) is 0 Å². The number of rotatable bonds is 9. The third-order valence-corrected chi connectivity index (χ3v) is 17.3. The lowest BCUT2D eigenvalue weighted by Gasteiger charge is -2.46. The zero-order valence-corrected chi connectivity index (χ0v) is 26.5. The summed E-state index contributed by atoms with van der Waals surface area (Å²) in [4.78, 5) is 13.0. The van der Waals surface area contributed by atoms with Crippen LogP contribution in [0.4, 0.5) is 0 Å². The quantitative estimate of drug-likeness (QED) is 0.193. The Labute approximate surface area is 237 Å². The van der Waals surface area contributed by atoms with Crippen LogP contribution in [0.15, 0.2) is 91.0 Å². The number of hydrogen-bond donors (Lipinski definition) is 0. The minimum Gasteiger partial charge on any atom is -0.462 e. The van der Waals surface area contributed by atoms with Gasteiger partial charge in [-0.25, -0.2) is 0 Å². The molecule has 3 aromatic rings. The first kappa shape index (κ1) is 29.5. The molecule has 4 nitrogen and oxygen atoms in total. The highest BCUT2D eigenvalue weighted by atomic mass is 28.4. The maximum Gasteiger partial charge on any atom is 0.311 e. The van der Waals surface area contributed by atoms with Crippen molar-refractivity contribution in [3.8, 4) is 0 Å². The Bertz CT molecular complexity index is 1110. The molecule has 4 rings (SSSR count). The largest absolute Gasteiger partial charge is 0.462 e. The van der Waals surface area contributed by atoms with Crippen LogP contribution < -0.4 is 15.6 Å². The van der Waals surface area contributed by atoms with E-state index in [0.29, 0.717) is 13.0 Å². The van der Waals surface area contributed by atoms with E-state index in [-0.39, 0.29) is 35.1 Å². The first-order valence-corrected chi connectivity index (χ1v) is 19.0. The molecule has 39 heavy (non-hydrogen) atoms. The summed E-state index contributed by atoms with van der Waals surface area (Å²) in [6.45, 7) is 15.8. The Morgan fingerprint density at radius 2 is 1.21 bits per heavy atom. The topological polar surface area (TPSA) is 44.8 Å². The number of benzene rings is 3. The van der Waals surface area contributed by atoms with Crippen LogP contribution >= 0.6 is 0 Å². The van der Waals surface area contributed by atoms with Gasteiger partial charge in [0.2, 0.25) is 0 Å². The molecule has 1 fully saturated rings. The first-order chi connectivity index (χ1) is 18.5. The highest BCUT2D eigenvalue weighted by Crippen LogP contribution is 2.41. The molecule has 0 aromatic heterocycles. The molecule has 0 spiro atoms. The van der Waals surface area contributed by atoms with Gasteiger partial charge in [-0.3, -0.25) is 4.79 Å². The summed E-state index contributed by atoms with van der Waals surface area (Å²) in [6, 6.07) is 31.7. The van der Waals surface area contributed by atoms with Crippen molar-refractivity contribution in [3.63, 3.8) is 0 Å². The molecule has 0 unspecified atom stereocenters. The Morgan fingerprint density at radius 1 is 0.769 bits per heavy atom. The van der Waals surface area contributed by atoms with E-state index in [4.69, 9.17) is 13.6 Å². The van der Waals surface area contributed by atoms with Crippen LogP contribution in [-0.2, 0) is 18.4 Å². The molecule has 1 aliphatic rings. The average Bonchev–Trinajstić information content (AvgIpc) is 2.93. The molecule has 0 radical (unpaired) electrons. The molecule has 0 aliphatic carbocycles. The van der Waals surface area contributed by atoms with E-state index in [2.05, 4.69) is 114 Å². The van der Waals surface area contributed by atoms with Gasteiger partial charge in [-0.15, -0.1) is 0 Å². The third-order valence-electron chi connectivity index (χ3n) is 8.74. The van der Waals surface area contributed by atoms with E-state index in [1.54, 1.807) is 0 Å². The molecule has 0 N–H and O–H groups in total. The molecule has 1 aliphatic heterocycles. The minimum absolute atomic E-state index is 0.0681. The highest BCUT2D eigenvalue weighted by molar-refractivity contribution is 7.07. The summed E-state index contributed by atoms with van der Waals surface area (Å²) in [5.74, 6) is -0.367. The van der Waals surface area contributed by atoms with Gasteiger partial charge < -0.3 is 13.6 Å². The van der Waals surface area contributed by atoms with Crippen molar-refractivity contribution in [1.82, 2.24) is 0 Å². The van der Waals surface area contributed by atoms with Crippen molar-refractivity contribution >= 4 is 38.2 Å². The van der Waals surface area contributed by atoms with Gasteiger partial charge in [-0.05, 0) is 40.6 Å². The lowest BCUT2D eigenvalue weighted by atomic mass is 9.85. The van der Waals surface area contributed by atoms with Crippen molar-refractivity contribution in [2.45, 2.75) is 71.4 Å². The van der Waals surface area contributed by atoms with Gasteiger partial charge in [0.15, 0.2) is 8.32 Å². The molecule has 208 valence electrons. The zero-order valence-electron chi connectivity index (χ0n) is 24.5. The number of cyclic esters (lactones) is 1. The second-order valence-corrected chi connectivity index (χ2v) is 20.5. The van der Waals surface area contributed by atoms with Gasteiger partial charge in [0.05, 0.1) is 12.0 Å². The Morgan fingerprint density at radius 3 is 1.62 bits per heavy atom. The van der Waals surface area contributed by atoms with Crippen LogP contribution in [0.2, 0.25) is 18.1 Å². The van der Waals surface area contributed by atoms with Crippen LogP contribution in [0.1, 0.15) is 41.0 Å². The summed E-state index contributed by atoms with van der Waals surface area (Å²) in [7, 11) is -4.87. The predicted octanol–water partition coefficient (Wildman–Crippen LogP) is 5.65. The highest BCUT2D eigenvalue weighted by Gasteiger charge is 2.48. The van der Waals surface area contributed by atoms with E-state index in [1.807, 2.05) is 25.1 Å². The van der Waals surface area contributed by atoms with Gasteiger partial charge >= 0.3 is 5.97 Å². The van der Waals surface area contributed by atoms with Crippen LogP contribution in [0.5, 0.6) is 0 Å². The Kier molecular flexibility index (Phi) is 9.01. The van der Waals surface area contributed by atoms with E-state index >= 15 is 0 Å². The fourth-order valence-electron chi connectivity index (χ4n) is 5.31. The van der Waals surface area contributed by atoms with Crippen LogP contribution in [0.3, 0.4) is 0 Å². The predicted molar refractivity (Wildman–Crippen MR) is 165 cm³/mol. The fourth-order valence-corrected chi connectivity index (χ4v) is 10.7. The van der Waals surface area contributed by atoms with Crippen molar-refractivity contribution in [1.29, 1.82) is 0 Å². The summed E-state index contributed by atoms with van der Waals surface area (Å²) < 4.78 is 19.9. The number of ether oxygens (including phenoxy) is 1. The Balaban J connectivity index is 1.62. The third kappa shape index (κ3) is 6.14. The molecular formula is C33H44O4Si2. The van der Waals surface area contributed by atoms with E-state index in [0.717, 1.165) is 0 Å². The van der Waals surface area contributed by atoms with Crippen molar-refractivity contribution in [2.24, 2.45) is 11.8 Å². The fraction of sp³-hybridized carbons (Fsp3) is 0.424. The van der Waals surface area contributed by atoms with Gasteiger partial charge in [0.25, 0.3) is 8.32 Å². The molecule has 0 saturated carbocycles. The Hall–Kier alpha value is -2.52. The molecule has 0 bridgehead atoms. The minimum atomic E-state index is -2.81. The summed E-state index contributed by atoms with van der Waals surface area (Å²) in [5.41, 5.74) is 0. The number of carbonyl (C=O) groups is 1. The van der Waals surface area contributed by atoms with Crippen molar-refractivity contribution in [2.75, 3.05) is 6.61 Å². The molecule has 0 amide bonds. The van der Waals surface area contributed by atoms with Crippen LogP contribution in [0, 0.1) is 11.8 Å². The van der Waals surface area contributed by atoms with Gasteiger partial charge in [0, 0.05) is 18.9 Å². The maximum absolute atomic E-state index is 13.0.